The number of carbonyl (C=O) groups excluding carboxylic acids is 1. The number of hydrogen-bond donors (Lipinski definition) is 1. The van der Waals surface area contributed by atoms with Crippen molar-refractivity contribution < 1.29 is 4.79 Å². The Kier molecular flexibility index (Phi) is 6.14. The van der Waals surface area contributed by atoms with Gasteiger partial charge in [-0.05, 0) is 44.8 Å². The molecule has 1 heterocycles. The van der Waals surface area contributed by atoms with Crippen LogP contribution in [-0.4, -0.2) is 55.3 Å². The van der Waals surface area contributed by atoms with Crippen LogP contribution in [0.25, 0.3) is 0 Å². The van der Waals surface area contributed by atoms with Crippen LogP contribution in [0, 0.1) is 0 Å². The SMILES string of the molecule is CC1=Nc2ccc(Cl)cc2[C@H](c2ccccc2)N1CCNC(=O)CN(C)C. The monoisotopic (exact) mass is 384 g/mol. The van der Waals surface area contributed by atoms with Gasteiger partial charge in [0.1, 0.15) is 5.84 Å². The highest BCUT2D eigenvalue weighted by Crippen LogP contribution is 2.40. The molecule has 1 aliphatic rings. The van der Waals surface area contributed by atoms with Crippen LogP contribution in [0.1, 0.15) is 24.1 Å². The van der Waals surface area contributed by atoms with Crippen molar-refractivity contribution in [1.82, 2.24) is 15.1 Å². The summed E-state index contributed by atoms with van der Waals surface area (Å²) in [4.78, 5) is 20.8. The Morgan fingerprint density at radius 1 is 1.22 bits per heavy atom. The second-order valence-corrected chi connectivity index (χ2v) is 7.39. The standard InChI is InChI=1S/C21H25ClN4O/c1-15-24-19-10-9-17(22)13-18(19)21(16-7-5-4-6-8-16)26(15)12-11-23-20(27)14-25(2)3/h4-10,13,21H,11-12,14H2,1-3H3,(H,23,27)/t21-/m0/s1. The van der Waals surface area contributed by atoms with Gasteiger partial charge in [0.2, 0.25) is 5.91 Å². The molecule has 1 atom stereocenters. The Morgan fingerprint density at radius 2 is 1.96 bits per heavy atom. The smallest absolute Gasteiger partial charge is 0.234 e. The lowest BCUT2D eigenvalue weighted by Crippen LogP contribution is -2.43. The van der Waals surface area contributed by atoms with Crippen LogP contribution >= 0.6 is 11.6 Å². The summed E-state index contributed by atoms with van der Waals surface area (Å²) >= 11 is 6.28. The molecule has 0 unspecified atom stereocenters. The van der Waals surface area contributed by atoms with Crippen molar-refractivity contribution in [3.05, 3.63) is 64.7 Å². The van der Waals surface area contributed by atoms with Gasteiger partial charge in [0, 0.05) is 23.7 Å². The first-order valence-electron chi connectivity index (χ1n) is 9.03. The van der Waals surface area contributed by atoms with Crippen molar-refractivity contribution in [2.75, 3.05) is 33.7 Å². The van der Waals surface area contributed by atoms with Crippen LogP contribution in [-0.2, 0) is 4.79 Å². The van der Waals surface area contributed by atoms with Crippen molar-refractivity contribution >= 4 is 29.0 Å². The highest BCUT2D eigenvalue weighted by molar-refractivity contribution is 6.30. The van der Waals surface area contributed by atoms with Gasteiger partial charge in [0.05, 0.1) is 18.3 Å². The molecule has 3 rings (SSSR count). The quantitative estimate of drug-likeness (QED) is 0.829. The highest BCUT2D eigenvalue weighted by Gasteiger charge is 2.29. The first-order chi connectivity index (χ1) is 13.0. The van der Waals surface area contributed by atoms with Crippen molar-refractivity contribution in [3.63, 3.8) is 0 Å². The van der Waals surface area contributed by atoms with Gasteiger partial charge in [0.15, 0.2) is 0 Å². The molecule has 0 aromatic heterocycles. The molecule has 1 aliphatic heterocycles. The minimum atomic E-state index is 0.0168. The number of amidine groups is 1. The van der Waals surface area contributed by atoms with Crippen molar-refractivity contribution in [2.45, 2.75) is 13.0 Å². The second kappa shape index (κ2) is 8.55. The van der Waals surface area contributed by atoms with Gasteiger partial charge in [-0.15, -0.1) is 0 Å². The molecule has 2 aromatic rings. The van der Waals surface area contributed by atoms with Crippen LogP contribution in [0.3, 0.4) is 0 Å². The van der Waals surface area contributed by atoms with Crippen LogP contribution in [0.15, 0.2) is 53.5 Å². The molecule has 0 saturated carbocycles. The summed E-state index contributed by atoms with van der Waals surface area (Å²) in [6.45, 7) is 3.61. The maximum atomic E-state index is 12.0. The number of nitrogens with one attached hydrogen (secondary N) is 1. The Hall–Kier alpha value is -2.37. The third-order valence-corrected chi connectivity index (χ3v) is 4.78. The molecule has 27 heavy (non-hydrogen) atoms. The van der Waals surface area contributed by atoms with Crippen molar-refractivity contribution in [1.29, 1.82) is 0 Å². The number of aliphatic imine (C=N–C) groups is 1. The maximum Gasteiger partial charge on any atom is 0.234 e. The van der Waals surface area contributed by atoms with E-state index in [0.717, 1.165) is 17.1 Å². The summed E-state index contributed by atoms with van der Waals surface area (Å²) in [5.74, 6) is 0.951. The number of halogens is 1. The summed E-state index contributed by atoms with van der Waals surface area (Å²) in [5.41, 5.74) is 3.20. The molecule has 1 amide bonds. The Morgan fingerprint density at radius 3 is 2.67 bits per heavy atom. The first-order valence-corrected chi connectivity index (χ1v) is 9.41. The summed E-state index contributed by atoms with van der Waals surface area (Å²) in [5, 5.41) is 3.68. The first kappa shape index (κ1) is 19.4. The fraction of sp³-hybridized carbons (Fsp3) is 0.333. The lowest BCUT2D eigenvalue weighted by atomic mass is 9.94. The zero-order valence-electron chi connectivity index (χ0n) is 15.9. The highest BCUT2D eigenvalue weighted by atomic mass is 35.5. The maximum absolute atomic E-state index is 12.0. The van der Waals surface area contributed by atoms with Crippen LogP contribution in [0.2, 0.25) is 5.02 Å². The normalized spacial score (nSPS) is 16.1. The third-order valence-electron chi connectivity index (χ3n) is 4.54. The van der Waals surface area contributed by atoms with Crippen molar-refractivity contribution in [2.24, 2.45) is 4.99 Å². The average molecular weight is 385 g/mol. The van der Waals surface area contributed by atoms with Crippen LogP contribution in [0.5, 0.6) is 0 Å². The van der Waals surface area contributed by atoms with Crippen molar-refractivity contribution in [3.8, 4) is 0 Å². The van der Waals surface area contributed by atoms with E-state index in [9.17, 15) is 4.79 Å². The van der Waals surface area contributed by atoms with Gasteiger partial charge in [0.25, 0.3) is 0 Å². The second-order valence-electron chi connectivity index (χ2n) is 6.96. The molecule has 0 bridgehead atoms. The predicted molar refractivity (Wildman–Crippen MR) is 111 cm³/mol. The van der Waals surface area contributed by atoms with Crippen LogP contribution < -0.4 is 5.32 Å². The Balaban J connectivity index is 1.86. The van der Waals surface area contributed by atoms with Gasteiger partial charge in [-0.3, -0.25) is 4.79 Å². The molecule has 142 valence electrons. The number of fused-ring (bicyclic) bond motifs is 1. The number of likely N-dealkylation sites (N-methyl/N-ethyl adjacent to an activating group) is 1. The molecular formula is C21H25ClN4O. The Labute approximate surface area is 165 Å². The molecule has 0 spiro atoms. The van der Waals surface area contributed by atoms with E-state index < -0.39 is 0 Å². The number of amides is 1. The van der Waals surface area contributed by atoms with E-state index in [1.165, 1.54) is 5.56 Å². The summed E-state index contributed by atoms with van der Waals surface area (Å²) in [6, 6.07) is 16.2. The summed E-state index contributed by atoms with van der Waals surface area (Å²) in [6.07, 6.45) is 0. The Bertz CT molecular complexity index is 835. The number of benzene rings is 2. The molecule has 6 heteroatoms. The van der Waals surface area contributed by atoms with Gasteiger partial charge < -0.3 is 15.1 Å². The average Bonchev–Trinajstić information content (AvgIpc) is 2.62. The van der Waals surface area contributed by atoms with E-state index in [4.69, 9.17) is 16.6 Å². The topological polar surface area (TPSA) is 47.9 Å². The van der Waals surface area contributed by atoms with E-state index in [1.807, 2.05) is 62.3 Å². The number of nitrogens with zero attached hydrogens (tertiary/aromatic N) is 3. The van der Waals surface area contributed by atoms with Gasteiger partial charge >= 0.3 is 0 Å². The molecular weight excluding hydrogens is 360 g/mol. The molecule has 0 aliphatic carbocycles. The van der Waals surface area contributed by atoms with E-state index in [1.54, 1.807) is 0 Å². The molecule has 2 aromatic carbocycles. The third kappa shape index (κ3) is 4.67. The number of rotatable bonds is 6. The van der Waals surface area contributed by atoms with E-state index >= 15 is 0 Å². The minimum Gasteiger partial charge on any atom is -0.353 e. The number of carbonyl (C=O) groups is 1. The molecule has 0 radical (unpaired) electrons. The van der Waals surface area contributed by atoms with E-state index in [-0.39, 0.29) is 11.9 Å². The molecule has 0 saturated heterocycles. The number of hydrogen-bond acceptors (Lipinski definition) is 4. The van der Waals surface area contributed by atoms with E-state index in [0.29, 0.717) is 24.7 Å². The minimum absolute atomic E-state index is 0.0168. The zero-order chi connectivity index (χ0) is 19.4. The predicted octanol–water partition coefficient (Wildman–Crippen LogP) is 3.47. The molecule has 5 nitrogen and oxygen atoms in total. The van der Waals surface area contributed by atoms with Crippen LogP contribution in [0.4, 0.5) is 5.69 Å². The van der Waals surface area contributed by atoms with E-state index in [2.05, 4.69) is 22.3 Å². The largest absolute Gasteiger partial charge is 0.353 e. The zero-order valence-corrected chi connectivity index (χ0v) is 16.7. The van der Waals surface area contributed by atoms with Gasteiger partial charge in [-0.25, -0.2) is 4.99 Å². The lowest BCUT2D eigenvalue weighted by molar-refractivity contribution is -0.121. The fourth-order valence-corrected chi connectivity index (χ4v) is 3.56. The summed E-state index contributed by atoms with van der Waals surface area (Å²) in [7, 11) is 3.76. The van der Waals surface area contributed by atoms with Gasteiger partial charge in [-0.1, -0.05) is 41.9 Å². The summed E-state index contributed by atoms with van der Waals surface area (Å²) < 4.78 is 0. The lowest BCUT2D eigenvalue weighted by Gasteiger charge is -2.38. The van der Waals surface area contributed by atoms with Gasteiger partial charge in [-0.2, -0.15) is 0 Å². The fourth-order valence-electron chi connectivity index (χ4n) is 3.38. The molecule has 0 fully saturated rings. The molecule has 1 N–H and O–H groups in total.